The molecule has 31 heavy (non-hydrogen) atoms. The van der Waals surface area contributed by atoms with E-state index >= 15 is 0 Å². The van der Waals surface area contributed by atoms with Crippen LogP contribution in [0.3, 0.4) is 0 Å². The molecule has 1 aliphatic rings. The van der Waals surface area contributed by atoms with Crippen molar-refractivity contribution in [3.63, 3.8) is 0 Å². The van der Waals surface area contributed by atoms with E-state index < -0.39 is 0 Å². The summed E-state index contributed by atoms with van der Waals surface area (Å²) < 4.78 is 32.5. The van der Waals surface area contributed by atoms with Gasteiger partial charge in [0.2, 0.25) is 0 Å². The Kier molecular flexibility index (Phi) is 5.67. The minimum absolute atomic E-state index is 0.158. The molecule has 9 heteroatoms. The molecule has 0 radical (unpaired) electrons. The summed E-state index contributed by atoms with van der Waals surface area (Å²) in [6.45, 7) is 0.956. The van der Waals surface area contributed by atoms with E-state index in [2.05, 4.69) is 10.2 Å². The first-order chi connectivity index (χ1) is 15.2. The van der Waals surface area contributed by atoms with Crippen LogP contribution in [0.15, 0.2) is 64.4 Å². The lowest BCUT2D eigenvalue weighted by atomic mass is 10.1. The van der Waals surface area contributed by atoms with Crippen LogP contribution in [0.5, 0.6) is 5.75 Å². The van der Waals surface area contributed by atoms with Gasteiger partial charge in [-0.05, 0) is 48.5 Å². The molecule has 0 atom stereocenters. The zero-order chi connectivity index (χ0) is 21.2. The molecule has 0 amide bonds. The van der Waals surface area contributed by atoms with Crippen molar-refractivity contribution in [1.29, 1.82) is 0 Å². The van der Waals surface area contributed by atoms with Gasteiger partial charge in [0.15, 0.2) is 17.8 Å². The molecule has 6 nitrogen and oxygen atoms in total. The number of hydrogen-bond donors (Lipinski definition) is 0. The van der Waals surface area contributed by atoms with E-state index in [-0.39, 0.29) is 12.6 Å². The van der Waals surface area contributed by atoms with Crippen molar-refractivity contribution in [2.45, 2.75) is 24.1 Å². The second-order valence-electron chi connectivity index (χ2n) is 6.93. The molecule has 1 aliphatic heterocycles. The van der Waals surface area contributed by atoms with Crippen LogP contribution in [0.25, 0.3) is 11.4 Å². The summed E-state index contributed by atoms with van der Waals surface area (Å²) in [6, 6.07) is 14.1. The van der Waals surface area contributed by atoms with Crippen LogP contribution in [0.4, 0.5) is 4.39 Å². The zero-order valence-corrected chi connectivity index (χ0v) is 17.8. The van der Waals surface area contributed by atoms with Crippen LogP contribution in [0, 0.1) is 5.82 Å². The number of aromatic nitrogens is 3. The lowest BCUT2D eigenvalue weighted by molar-refractivity contribution is -0.0171. The van der Waals surface area contributed by atoms with E-state index in [9.17, 15) is 4.39 Å². The van der Waals surface area contributed by atoms with Gasteiger partial charge in [0.05, 0.1) is 19.4 Å². The van der Waals surface area contributed by atoms with E-state index in [1.165, 1.54) is 23.9 Å². The maximum Gasteiger partial charge on any atom is 0.192 e. The number of ether oxygens (including phenoxy) is 2. The van der Waals surface area contributed by atoms with Crippen molar-refractivity contribution in [3.8, 4) is 17.1 Å². The van der Waals surface area contributed by atoms with Gasteiger partial charge in [0.1, 0.15) is 17.3 Å². The van der Waals surface area contributed by atoms with Crippen LogP contribution in [-0.4, -0.2) is 21.6 Å². The first kappa shape index (κ1) is 20.1. The summed E-state index contributed by atoms with van der Waals surface area (Å²) >= 11 is 7.49. The zero-order valence-electron chi connectivity index (χ0n) is 16.3. The Labute approximate surface area is 186 Å². The number of fused-ring (bicyclic) bond motifs is 1. The molecule has 5 rings (SSSR count). The molecule has 0 saturated heterocycles. The third-order valence-corrected chi connectivity index (χ3v) is 6.09. The molecule has 0 unspecified atom stereocenters. The van der Waals surface area contributed by atoms with E-state index in [1.54, 1.807) is 6.26 Å². The fraction of sp³-hybridized carbons (Fsp3) is 0.182. The highest BCUT2D eigenvalue weighted by Crippen LogP contribution is 2.34. The van der Waals surface area contributed by atoms with Gasteiger partial charge in [0, 0.05) is 27.5 Å². The van der Waals surface area contributed by atoms with Crippen LogP contribution in [0.1, 0.15) is 16.9 Å². The maximum atomic E-state index is 14.1. The second kappa shape index (κ2) is 8.74. The quantitative estimate of drug-likeness (QED) is 0.354. The summed E-state index contributed by atoms with van der Waals surface area (Å²) in [6.07, 6.45) is 1.63. The minimum Gasteiger partial charge on any atom is -0.467 e. The highest BCUT2D eigenvalue weighted by Gasteiger charge is 2.20. The third-order valence-electron chi connectivity index (χ3n) is 4.82. The number of halogens is 2. The molecule has 2 aromatic heterocycles. The highest BCUT2D eigenvalue weighted by atomic mass is 35.5. The SMILES string of the molecule is Fc1cc2c(c(CSc3nnc(-c4ccc(Cl)cc4)n3Cc3ccco3)c1)OCOC2. The maximum absolute atomic E-state index is 14.1. The summed E-state index contributed by atoms with van der Waals surface area (Å²) in [7, 11) is 0. The van der Waals surface area contributed by atoms with Crippen molar-refractivity contribution in [2.24, 2.45) is 0 Å². The Morgan fingerprint density at radius 3 is 2.81 bits per heavy atom. The number of furan rings is 1. The summed E-state index contributed by atoms with van der Waals surface area (Å²) in [5, 5.41) is 10.1. The Balaban J connectivity index is 1.47. The van der Waals surface area contributed by atoms with Crippen molar-refractivity contribution < 1.29 is 18.3 Å². The van der Waals surface area contributed by atoms with Gasteiger partial charge < -0.3 is 13.9 Å². The first-order valence-electron chi connectivity index (χ1n) is 9.53. The number of nitrogens with zero attached hydrogens (tertiary/aromatic N) is 3. The topological polar surface area (TPSA) is 62.3 Å². The van der Waals surface area contributed by atoms with Crippen molar-refractivity contribution >= 4 is 23.4 Å². The largest absolute Gasteiger partial charge is 0.467 e. The molecule has 3 heterocycles. The molecule has 0 aliphatic carbocycles. The van der Waals surface area contributed by atoms with Gasteiger partial charge in [-0.3, -0.25) is 4.57 Å². The van der Waals surface area contributed by atoms with Crippen LogP contribution in [0.2, 0.25) is 5.02 Å². The van der Waals surface area contributed by atoms with Gasteiger partial charge in [-0.1, -0.05) is 23.4 Å². The van der Waals surface area contributed by atoms with Crippen LogP contribution in [-0.2, 0) is 23.6 Å². The molecule has 0 bridgehead atoms. The van der Waals surface area contributed by atoms with Crippen molar-refractivity contribution in [2.75, 3.05) is 6.79 Å². The van der Waals surface area contributed by atoms with Gasteiger partial charge in [-0.2, -0.15) is 0 Å². The molecular weight excluding hydrogens is 441 g/mol. The van der Waals surface area contributed by atoms with Crippen LogP contribution < -0.4 is 4.74 Å². The molecule has 0 N–H and O–H groups in total. The number of thioether (sulfide) groups is 1. The normalized spacial score (nSPS) is 13.1. The molecule has 0 spiro atoms. The lowest BCUT2D eigenvalue weighted by Crippen LogP contribution is -2.13. The van der Waals surface area contributed by atoms with Crippen molar-refractivity contribution in [1.82, 2.24) is 14.8 Å². The Bertz CT molecular complexity index is 1200. The molecule has 2 aromatic carbocycles. The minimum atomic E-state index is -0.317. The van der Waals surface area contributed by atoms with E-state index in [0.29, 0.717) is 46.2 Å². The number of hydrogen-bond acceptors (Lipinski definition) is 6. The fourth-order valence-electron chi connectivity index (χ4n) is 3.42. The molecular formula is C22H17ClFN3O3S. The van der Waals surface area contributed by atoms with E-state index in [4.69, 9.17) is 25.5 Å². The number of rotatable bonds is 6. The summed E-state index contributed by atoms with van der Waals surface area (Å²) in [4.78, 5) is 0. The molecule has 0 saturated carbocycles. The summed E-state index contributed by atoms with van der Waals surface area (Å²) in [5.41, 5.74) is 2.35. The van der Waals surface area contributed by atoms with Gasteiger partial charge in [-0.25, -0.2) is 4.39 Å². The molecule has 0 fully saturated rings. The molecule has 158 valence electrons. The average Bonchev–Trinajstić information content (AvgIpc) is 3.43. The fourth-order valence-corrected chi connectivity index (χ4v) is 4.45. The smallest absolute Gasteiger partial charge is 0.192 e. The average molecular weight is 458 g/mol. The third kappa shape index (κ3) is 4.32. The van der Waals surface area contributed by atoms with Gasteiger partial charge in [-0.15, -0.1) is 10.2 Å². The van der Waals surface area contributed by atoms with Crippen molar-refractivity contribution in [3.05, 3.63) is 82.5 Å². The van der Waals surface area contributed by atoms with E-state index in [0.717, 1.165) is 16.9 Å². The van der Waals surface area contributed by atoms with E-state index in [1.807, 2.05) is 41.0 Å². The Morgan fingerprint density at radius 1 is 1.13 bits per heavy atom. The monoisotopic (exact) mass is 457 g/mol. The predicted octanol–water partition coefficient (Wildman–Crippen LogP) is 5.54. The Hall–Kier alpha value is -2.81. The second-order valence-corrected chi connectivity index (χ2v) is 8.31. The first-order valence-corrected chi connectivity index (χ1v) is 10.9. The Morgan fingerprint density at radius 2 is 2.00 bits per heavy atom. The van der Waals surface area contributed by atoms with Gasteiger partial charge >= 0.3 is 0 Å². The molecule has 4 aromatic rings. The standard InChI is InChI=1S/C22H17ClFN3O3S/c23-17-5-3-14(4-6-17)21-25-26-22(27(21)10-19-2-1-7-29-19)31-12-16-9-18(24)8-15-11-28-13-30-20(15)16/h1-9H,10-13H2. The summed E-state index contributed by atoms with van der Waals surface area (Å²) in [5.74, 6) is 2.30. The lowest BCUT2D eigenvalue weighted by Gasteiger charge is -2.20. The predicted molar refractivity (Wildman–Crippen MR) is 115 cm³/mol. The van der Waals surface area contributed by atoms with Gasteiger partial charge in [0.25, 0.3) is 0 Å². The van der Waals surface area contributed by atoms with Crippen LogP contribution >= 0.6 is 23.4 Å². The highest BCUT2D eigenvalue weighted by molar-refractivity contribution is 7.98. The number of benzene rings is 2.